The Morgan fingerprint density at radius 1 is 1.22 bits per heavy atom. The molecule has 18 heavy (non-hydrogen) atoms. The summed E-state index contributed by atoms with van der Waals surface area (Å²) in [5, 5.41) is 10.5. The summed E-state index contributed by atoms with van der Waals surface area (Å²) in [5.41, 5.74) is 1.78. The summed E-state index contributed by atoms with van der Waals surface area (Å²) in [6, 6.07) is 12.6. The van der Waals surface area contributed by atoms with E-state index in [-0.39, 0.29) is 5.69 Å². The van der Waals surface area contributed by atoms with Crippen LogP contribution in [0, 0.1) is 10.1 Å². The molecule has 0 atom stereocenters. The molecule has 0 bridgehead atoms. The lowest BCUT2D eigenvalue weighted by molar-refractivity contribution is -0.385. The van der Waals surface area contributed by atoms with E-state index in [2.05, 4.69) is 9.98 Å². The van der Waals surface area contributed by atoms with Gasteiger partial charge in [-0.15, -0.1) is 0 Å². The van der Waals surface area contributed by atoms with Crippen molar-refractivity contribution in [2.24, 2.45) is 4.99 Å². The summed E-state index contributed by atoms with van der Waals surface area (Å²) in [4.78, 5) is 18.3. The van der Waals surface area contributed by atoms with Crippen LogP contribution in [-0.4, -0.2) is 15.6 Å². The van der Waals surface area contributed by atoms with Gasteiger partial charge in [0.25, 0.3) is 5.69 Å². The van der Waals surface area contributed by atoms with Gasteiger partial charge < -0.3 is 0 Å². The van der Waals surface area contributed by atoms with Crippen molar-refractivity contribution in [3.8, 4) is 0 Å². The van der Waals surface area contributed by atoms with Gasteiger partial charge in [0.05, 0.1) is 4.92 Å². The minimum atomic E-state index is -0.482. The maximum atomic E-state index is 10.5. The molecule has 0 unspecified atom stereocenters. The first-order chi connectivity index (χ1) is 8.66. The highest BCUT2D eigenvalue weighted by atomic mass is 16.6. The van der Waals surface area contributed by atoms with Crippen molar-refractivity contribution < 1.29 is 4.92 Å². The van der Waals surface area contributed by atoms with Gasteiger partial charge in [0.15, 0.2) is 5.82 Å². The summed E-state index contributed by atoms with van der Waals surface area (Å²) >= 11 is 0. The van der Waals surface area contributed by atoms with Crippen molar-refractivity contribution in [3.05, 3.63) is 64.3 Å². The number of nitro groups is 1. The monoisotopic (exact) mass is 241 g/mol. The summed E-state index contributed by atoms with van der Waals surface area (Å²) in [7, 11) is 0. The van der Waals surface area contributed by atoms with Crippen LogP contribution in [0.4, 0.5) is 11.5 Å². The highest BCUT2D eigenvalue weighted by Gasteiger charge is 2.05. The molecule has 0 spiro atoms. The van der Waals surface area contributed by atoms with Crippen LogP contribution in [0.15, 0.2) is 53.7 Å². The molecule has 1 heterocycles. The van der Waals surface area contributed by atoms with E-state index in [0.29, 0.717) is 5.82 Å². The third kappa shape index (κ3) is 2.76. The van der Waals surface area contributed by atoms with Gasteiger partial charge in [-0.05, 0) is 18.6 Å². The Hall–Kier alpha value is -2.56. The predicted octanol–water partition coefficient (Wildman–Crippen LogP) is 3.13. The smallest absolute Gasteiger partial charge is 0.258 e. The summed E-state index contributed by atoms with van der Waals surface area (Å²) in [6.45, 7) is 1.87. The van der Waals surface area contributed by atoms with Gasteiger partial charge in [0.1, 0.15) is 6.20 Å². The molecule has 0 saturated carbocycles. The van der Waals surface area contributed by atoms with Crippen molar-refractivity contribution >= 4 is 17.2 Å². The first-order valence-electron chi connectivity index (χ1n) is 5.38. The second-order valence-corrected chi connectivity index (χ2v) is 3.69. The molecule has 0 saturated heterocycles. The second-order valence-electron chi connectivity index (χ2n) is 3.69. The van der Waals surface area contributed by atoms with Crippen molar-refractivity contribution in [1.29, 1.82) is 0 Å². The Kier molecular flexibility index (Phi) is 3.43. The van der Waals surface area contributed by atoms with E-state index < -0.39 is 4.92 Å². The van der Waals surface area contributed by atoms with Crippen molar-refractivity contribution in [1.82, 2.24) is 4.98 Å². The zero-order valence-corrected chi connectivity index (χ0v) is 9.78. The average molecular weight is 241 g/mol. The first-order valence-corrected chi connectivity index (χ1v) is 5.38. The first kappa shape index (κ1) is 11.9. The van der Waals surface area contributed by atoms with Crippen LogP contribution in [0.3, 0.4) is 0 Å². The summed E-state index contributed by atoms with van der Waals surface area (Å²) in [6.07, 6.45) is 1.21. The molecule has 0 aliphatic heterocycles. The number of aliphatic imine (C=N–C) groups is 1. The van der Waals surface area contributed by atoms with E-state index in [1.54, 1.807) is 0 Å². The third-order valence-corrected chi connectivity index (χ3v) is 2.42. The zero-order chi connectivity index (χ0) is 13.0. The molecule has 1 aromatic carbocycles. The van der Waals surface area contributed by atoms with Gasteiger partial charge in [-0.25, -0.2) is 9.98 Å². The Balaban J connectivity index is 2.25. The molecule has 0 aliphatic rings. The van der Waals surface area contributed by atoms with E-state index in [1.165, 1.54) is 18.3 Å². The molecule has 0 N–H and O–H groups in total. The van der Waals surface area contributed by atoms with Crippen molar-refractivity contribution in [2.45, 2.75) is 6.92 Å². The molecule has 2 aromatic rings. The van der Waals surface area contributed by atoms with Crippen LogP contribution in [0.5, 0.6) is 0 Å². The third-order valence-electron chi connectivity index (χ3n) is 2.42. The van der Waals surface area contributed by atoms with E-state index in [9.17, 15) is 10.1 Å². The summed E-state index contributed by atoms with van der Waals surface area (Å²) in [5.74, 6) is 0.460. The fourth-order valence-electron chi connectivity index (χ4n) is 1.47. The number of aromatic nitrogens is 1. The average Bonchev–Trinajstić information content (AvgIpc) is 2.40. The molecule has 90 valence electrons. The SMILES string of the molecule is CC(=Nc1ccc([N+](=O)[O-])cn1)c1ccccc1. The Bertz CT molecular complexity index is 577. The van der Waals surface area contributed by atoms with Crippen LogP contribution >= 0.6 is 0 Å². The van der Waals surface area contributed by atoms with Crippen LogP contribution < -0.4 is 0 Å². The maximum absolute atomic E-state index is 10.5. The van der Waals surface area contributed by atoms with Gasteiger partial charge in [-0.3, -0.25) is 10.1 Å². The van der Waals surface area contributed by atoms with Crippen LogP contribution in [0.2, 0.25) is 0 Å². The van der Waals surface area contributed by atoms with Crippen LogP contribution in [0.1, 0.15) is 12.5 Å². The Morgan fingerprint density at radius 2 is 1.94 bits per heavy atom. The maximum Gasteiger partial charge on any atom is 0.287 e. The van der Waals surface area contributed by atoms with Gasteiger partial charge in [-0.1, -0.05) is 30.3 Å². The van der Waals surface area contributed by atoms with Gasteiger partial charge in [-0.2, -0.15) is 0 Å². The van der Waals surface area contributed by atoms with Crippen LogP contribution in [-0.2, 0) is 0 Å². The predicted molar refractivity (Wildman–Crippen MR) is 69.2 cm³/mol. The largest absolute Gasteiger partial charge is 0.287 e. The standard InChI is InChI=1S/C13H11N3O2/c1-10(11-5-3-2-4-6-11)15-13-8-7-12(9-14-13)16(17)18/h2-9H,1H3. The topological polar surface area (TPSA) is 68.4 Å². The number of nitrogens with zero attached hydrogens (tertiary/aromatic N) is 3. The van der Waals surface area contributed by atoms with E-state index in [1.807, 2.05) is 37.3 Å². The number of rotatable bonds is 3. The molecule has 2 rings (SSSR count). The Morgan fingerprint density at radius 3 is 2.50 bits per heavy atom. The second kappa shape index (κ2) is 5.18. The molecule has 5 heteroatoms. The summed E-state index contributed by atoms with van der Waals surface area (Å²) < 4.78 is 0. The molecule has 0 fully saturated rings. The number of pyridine rings is 1. The quantitative estimate of drug-likeness (QED) is 0.471. The molecular formula is C13H11N3O2. The highest BCUT2D eigenvalue weighted by Crippen LogP contribution is 2.15. The number of hydrogen-bond acceptors (Lipinski definition) is 4. The van der Waals surface area contributed by atoms with Gasteiger partial charge >= 0.3 is 0 Å². The lowest BCUT2D eigenvalue weighted by Gasteiger charge is -1.99. The Labute approximate surface area is 104 Å². The van der Waals surface area contributed by atoms with Crippen LogP contribution in [0.25, 0.3) is 0 Å². The zero-order valence-electron chi connectivity index (χ0n) is 9.78. The lowest BCUT2D eigenvalue weighted by atomic mass is 10.1. The minimum Gasteiger partial charge on any atom is -0.258 e. The van der Waals surface area contributed by atoms with Crippen molar-refractivity contribution in [2.75, 3.05) is 0 Å². The molecular weight excluding hydrogens is 230 g/mol. The van der Waals surface area contributed by atoms with E-state index >= 15 is 0 Å². The minimum absolute atomic E-state index is 0.0358. The molecule has 5 nitrogen and oxygen atoms in total. The molecule has 0 amide bonds. The van der Waals surface area contributed by atoms with Crippen molar-refractivity contribution in [3.63, 3.8) is 0 Å². The van der Waals surface area contributed by atoms with E-state index in [4.69, 9.17) is 0 Å². The lowest BCUT2D eigenvalue weighted by Crippen LogP contribution is -1.94. The molecule has 0 aliphatic carbocycles. The number of benzene rings is 1. The normalized spacial score (nSPS) is 11.3. The van der Waals surface area contributed by atoms with Gasteiger partial charge in [0, 0.05) is 11.8 Å². The fraction of sp³-hybridized carbons (Fsp3) is 0.0769. The number of hydrogen-bond donors (Lipinski definition) is 0. The van der Waals surface area contributed by atoms with Gasteiger partial charge in [0.2, 0.25) is 0 Å². The molecule has 0 radical (unpaired) electrons. The highest BCUT2D eigenvalue weighted by molar-refractivity contribution is 5.99. The fourth-order valence-corrected chi connectivity index (χ4v) is 1.47. The molecule has 1 aromatic heterocycles. The van der Waals surface area contributed by atoms with E-state index in [0.717, 1.165) is 11.3 Å².